The fourth-order valence-electron chi connectivity index (χ4n) is 2.09. The second-order valence-electron chi connectivity index (χ2n) is 4.48. The van der Waals surface area contributed by atoms with Gasteiger partial charge in [-0.25, -0.2) is 0 Å². The molecule has 2 aromatic rings. The van der Waals surface area contributed by atoms with Crippen molar-refractivity contribution in [2.75, 3.05) is 11.4 Å². The number of carbonyl (C=O) groups excluding carboxylic acids is 1. The van der Waals surface area contributed by atoms with Gasteiger partial charge in [0.2, 0.25) is 0 Å². The number of aromatic hydroxyl groups is 1. The summed E-state index contributed by atoms with van der Waals surface area (Å²) in [6.45, 7) is 4.36. The Morgan fingerprint density at radius 3 is 2.60 bits per heavy atom. The van der Waals surface area contributed by atoms with Crippen molar-refractivity contribution in [3.8, 4) is 5.75 Å². The molecule has 0 fully saturated rings. The number of amides is 1. The van der Waals surface area contributed by atoms with E-state index in [0.717, 1.165) is 10.0 Å². The van der Waals surface area contributed by atoms with E-state index in [1.54, 1.807) is 23.1 Å². The van der Waals surface area contributed by atoms with Gasteiger partial charge in [0.05, 0.1) is 0 Å². The zero-order chi connectivity index (χ0) is 14.7. The lowest BCUT2D eigenvalue weighted by Gasteiger charge is -2.22. The van der Waals surface area contributed by atoms with Crippen LogP contribution in [0.1, 0.15) is 22.8 Å². The highest BCUT2D eigenvalue weighted by atomic mass is 79.9. The molecule has 0 aromatic heterocycles. The van der Waals surface area contributed by atoms with Gasteiger partial charge in [0.25, 0.3) is 5.91 Å². The first-order chi connectivity index (χ1) is 9.54. The number of benzene rings is 2. The Bertz CT molecular complexity index is 640. The molecule has 0 bridgehead atoms. The third-order valence-corrected chi connectivity index (χ3v) is 4.06. The van der Waals surface area contributed by atoms with Gasteiger partial charge in [-0.1, -0.05) is 28.1 Å². The summed E-state index contributed by atoms with van der Waals surface area (Å²) < 4.78 is 0.912. The maximum atomic E-state index is 12.7. The second kappa shape index (κ2) is 6.09. The molecule has 4 heteroatoms. The molecule has 0 aliphatic heterocycles. The van der Waals surface area contributed by atoms with Crippen molar-refractivity contribution in [3.63, 3.8) is 0 Å². The Balaban J connectivity index is 2.42. The molecule has 0 heterocycles. The summed E-state index contributed by atoms with van der Waals surface area (Å²) in [5.74, 6) is 0.0802. The van der Waals surface area contributed by atoms with Gasteiger partial charge in [-0.15, -0.1) is 0 Å². The van der Waals surface area contributed by atoms with Crippen LogP contribution in [0, 0.1) is 6.92 Å². The predicted molar refractivity (Wildman–Crippen MR) is 84.3 cm³/mol. The van der Waals surface area contributed by atoms with E-state index in [9.17, 15) is 9.90 Å². The van der Waals surface area contributed by atoms with Gasteiger partial charge < -0.3 is 10.0 Å². The summed E-state index contributed by atoms with van der Waals surface area (Å²) in [5.41, 5.74) is 2.26. The van der Waals surface area contributed by atoms with E-state index in [1.807, 2.05) is 38.1 Å². The monoisotopic (exact) mass is 333 g/mol. The number of nitrogens with zero attached hydrogens (tertiary/aromatic N) is 1. The Labute approximate surface area is 127 Å². The van der Waals surface area contributed by atoms with Crippen LogP contribution in [0.4, 0.5) is 5.69 Å². The molecule has 1 amide bonds. The number of rotatable bonds is 3. The highest BCUT2D eigenvalue weighted by Crippen LogP contribution is 2.25. The molecule has 2 rings (SSSR count). The van der Waals surface area contributed by atoms with Gasteiger partial charge in [-0.3, -0.25) is 4.79 Å². The minimum atomic E-state index is -0.0723. The molecule has 0 atom stereocenters. The zero-order valence-electron chi connectivity index (χ0n) is 11.4. The van der Waals surface area contributed by atoms with Crippen LogP contribution in [-0.4, -0.2) is 17.6 Å². The zero-order valence-corrected chi connectivity index (χ0v) is 13.0. The van der Waals surface area contributed by atoms with Gasteiger partial charge in [-0.2, -0.15) is 0 Å². The van der Waals surface area contributed by atoms with Crippen LogP contribution in [-0.2, 0) is 0 Å². The molecular formula is C16H16BrNO2. The van der Waals surface area contributed by atoms with Crippen molar-refractivity contribution in [3.05, 3.63) is 58.1 Å². The van der Waals surface area contributed by atoms with Crippen molar-refractivity contribution in [1.29, 1.82) is 0 Å². The maximum absolute atomic E-state index is 12.7. The molecule has 104 valence electrons. The van der Waals surface area contributed by atoms with Crippen molar-refractivity contribution in [2.24, 2.45) is 0 Å². The number of hydrogen-bond acceptors (Lipinski definition) is 2. The summed E-state index contributed by atoms with van der Waals surface area (Å²) >= 11 is 3.44. The minimum Gasteiger partial charge on any atom is -0.508 e. The van der Waals surface area contributed by atoms with Crippen molar-refractivity contribution in [2.45, 2.75) is 13.8 Å². The van der Waals surface area contributed by atoms with E-state index in [-0.39, 0.29) is 11.7 Å². The van der Waals surface area contributed by atoms with Crippen LogP contribution in [0.2, 0.25) is 0 Å². The van der Waals surface area contributed by atoms with E-state index in [0.29, 0.717) is 17.8 Å². The SMILES string of the molecule is CCN(C(=O)c1cccc(Br)c1C)c1cccc(O)c1. The highest BCUT2D eigenvalue weighted by molar-refractivity contribution is 9.10. The summed E-state index contributed by atoms with van der Waals surface area (Å²) in [7, 11) is 0. The lowest BCUT2D eigenvalue weighted by molar-refractivity contribution is 0.0987. The molecule has 0 saturated carbocycles. The van der Waals surface area contributed by atoms with Crippen molar-refractivity contribution in [1.82, 2.24) is 0 Å². The molecule has 0 aliphatic rings. The third-order valence-electron chi connectivity index (χ3n) is 3.20. The number of hydrogen-bond donors (Lipinski definition) is 1. The van der Waals surface area contributed by atoms with Crippen LogP contribution in [0.15, 0.2) is 46.9 Å². The van der Waals surface area contributed by atoms with Gasteiger partial charge in [-0.05, 0) is 43.7 Å². The molecule has 0 aliphatic carbocycles. The highest BCUT2D eigenvalue weighted by Gasteiger charge is 2.18. The topological polar surface area (TPSA) is 40.5 Å². The molecule has 0 saturated heterocycles. The molecule has 0 spiro atoms. The fourth-order valence-corrected chi connectivity index (χ4v) is 2.46. The van der Waals surface area contributed by atoms with E-state index in [1.165, 1.54) is 0 Å². The van der Waals surface area contributed by atoms with Crippen molar-refractivity contribution >= 4 is 27.5 Å². The molecule has 0 radical (unpaired) electrons. The van der Waals surface area contributed by atoms with Crippen LogP contribution in [0.5, 0.6) is 5.75 Å². The first-order valence-corrected chi connectivity index (χ1v) is 7.20. The summed E-state index contributed by atoms with van der Waals surface area (Å²) in [5, 5.41) is 9.56. The molecule has 20 heavy (non-hydrogen) atoms. The largest absolute Gasteiger partial charge is 0.508 e. The van der Waals surface area contributed by atoms with Crippen molar-refractivity contribution < 1.29 is 9.90 Å². The Hall–Kier alpha value is -1.81. The fraction of sp³-hybridized carbons (Fsp3) is 0.188. The number of phenols is 1. The summed E-state index contributed by atoms with van der Waals surface area (Å²) in [4.78, 5) is 14.3. The Morgan fingerprint density at radius 2 is 1.95 bits per heavy atom. The Morgan fingerprint density at radius 1 is 1.25 bits per heavy atom. The summed E-state index contributed by atoms with van der Waals surface area (Å²) in [6.07, 6.45) is 0. The quantitative estimate of drug-likeness (QED) is 0.917. The number of halogens is 1. The lowest BCUT2D eigenvalue weighted by Crippen LogP contribution is -2.31. The average Bonchev–Trinajstić information content (AvgIpc) is 2.42. The van der Waals surface area contributed by atoms with Gasteiger partial charge in [0.15, 0.2) is 0 Å². The van der Waals surface area contributed by atoms with Gasteiger partial charge in [0, 0.05) is 28.3 Å². The first kappa shape index (κ1) is 14.6. The van der Waals surface area contributed by atoms with E-state index >= 15 is 0 Å². The Kier molecular flexibility index (Phi) is 4.45. The number of anilines is 1. The van der Waals surface area contributed by atoms with Crippen LogP contribution in [0.25, 0.3) is 0 Å². The lowest BCUT2D eigenvalue weighted by atomic mass is 10.1. The average molecular weight is 334 g/mol. The smallest absolute Gasteiger partial charge is 0.258 e. The van der Waals surface area contributed by atoms with E-state index in [4.69, 9.17) is 0 Å². The molecular weight excluding hydrogens is 318 g/mol. The minimum absolute atomic E-state index is 0.0723. The van der Waals surface area contributed by atoms with Crippen LogP contribution < -0.4 is 4.90 Å². The number of phenolic OH excluding ortho intramolecular Hbond substituents is 1. The predicted octanol–water partition coefficient (Wildman–Crippen LogP) is 4.13. The van der Waals surface area contributed by atoms with E-state index in [2.05, 4.69) is 15.9 Å². The number of carbonyl (C=O) groups is 1. The van der Waals surface area contributed by atoms with Crippen LogP contribution >= 0.6 is 15.9 Å². The maximum Gasteiger partial charge on any atom is 0.258 e. The van der Waals surface area contributed by atoms with Gasteiger partial charge >= 0.3 is 0 Å². The summed E-state index contributed by atoms with van der Waals surface area (Å²) in [6, 6.07) is 12.3. The molecule has 2 aromatic carbocycles. The molecule has 1 N–H and O–H groups in total. The second-order valence-corrected chi connectivity index (χ2v) is 5.34. The third kappa shape index (κ3) is 2.85. The first-order valence-electron chi connectivity index (χ1n) is 6.40. The molecule has 3 nitrogen and oxygen atoms in total. The van der Waals surface area contributed by atoms with Gasteiger partial charge in [0.1, 0.15) is 5.75 Å². The standard InChI is InChI=1S/C16H16BrNO2/c1-3-18(12-6-4-7-13(19)10-12)16(20)14-8-5-9-15(17)11(14)2/h4-10,19H,3H2,1-2H3. The molecule has 0 unspecified atom stereocenters. The van der Waals surface area contributed by atoms with E-state index < -0.39 is 0 Å². The van der Waals surface area contributed by atoms with Crippen LogP contribution in [0.3, 0.4) is 0 Å². The normalized spacial score (nSPS) is 10.3.